The van der Waals surface area contributed by atoms with Crippen LogP contribution >= 0.6 is 0 Å². The summed E-state index contributed by atoms with van der Waals surface area (Å²) < 4.78 is 0. The highest BCUT2D eigenvalue weighted by Crippen LogP contribution is 2.17. The number of nitrogens with one attached hydrogen (secondary N) is 1. The summed E-state index contributed by atoms with van der Waals surface area (Å²) >= 11 is 0. The molecule has 58 heavy (non-hydrogen) atoms. The van der Waals surface area contributed by atoms with Crippen molar-refractivity contribution in [3.05, 3.63) is 24.3 Å². The van der Waals surface area contributed by atoms with Crippen molar-refractivity contribution in [3.63, 3.8) is 0 Å². The number of unbranched alkanes of at least 4 members (excludes halogenated alkanes) is 40. The van der Waals surface area contributed by atoms with Crippen molar-refractivity contribution in [2.24, 2.45) is 0 Å². The van der Waals surface area contributed by atoms with E-state index in [1.165, 1.54) is 244 Å². The number of carbonyl (C=O) groups is 1. The molecular formula is C54H105NO3. The van der Waals surface area contributed by atoms with Crippen molar-refractivity contribution in [3.8, 4) is 0 Å². The van der Waals surface area contributed by atoms with E-state index in [0.29, 0.717) is 6.42 Å². The van der Waals surface area contributed by atoms with Gasteiger partial charge >= 0.3 is 0 Å². The second-order valence-electron chi connectivity index (χ2n) is 18.3. The van der Waals surface area contributed by atoms with Crippen LogP contribution in [0.5, 0.6) is 0 Å². The number of hydrogen-bond donors (Lipinski definition) is 3. The molecule has 0 saturated carbocycles. The molecule has 0 radical (unpaired) electrons. The van der Waals surface area contributed by atoms with Gasteiger partial charge < -0.3 is 15.5 Å². The number of aliphatic hydroxyl groups excluding tert-OH is 2. The Balaban J connectivity index is 3.45. The molecule has 0 bridgehead atoms. The van der Waals surface area contributed by atoms with Crippen LogP contribution in [-0.4, -0.2) is 34.9 Å². The summed E-state index contributed by atoms with van der Waals surface area (Å²) in [5.74, 6) is -0.0707. The van der Waals surface area contributed by atoms with Crippen LogP contribution in [0.3, 0.4) is 0 Å². The maximum atomic E-state index is 12.4. The summed E-state index contributed by atoms with van der Waals surface area (Å²) in [6.07, 6.45) is 66.3. The van der Waals surface area contributed by atoms with Crippen molar-refractivity contribution < 1.29 is 15.0 Å². The second-order valence-corrected chi connectivity index (χ2v) is 18.3. The van der Waals surface area contributed by atoms with E-state index in [4.69, 9.17) is 0 Å². The van der Waals surface area contributed by atoms with Crippen LogP contribution in [0.15, 0.2) is 24.3 Å². The average Bonchev–Trinajstić information content (AvgIpc) is 3.23. The van der Waals surface area contributed by atoms with E-state index in [1.807, 2.05) is 6.08 Å². The summed E-state index contributed by atoms with van der Waals surface area (Å²) in [4.78, 5) is 12.4. The number of amides is 1. The minimum absolute atomic E-state index is 0.0707. The lowest BCUT2D eigenvalue weighted by Gasteiger charge is -2.19. The van der Waals surface area contributed by atoms with E-state index < -0.39 is 12.1 Å². The van der Waals surface area contributed by atoms with Gasteiger partial charge in [-0.15, -0.1) is 0 Å². The highest BCUT2D eigenvalue weighted by Gasteiger charge is 2.18. The Bertz CT molecular complexity index is 840. The van der Waals surface area contributed by atoms with Gasteiger partial charge in [0, 0.05) is 6.42 Å². The third kappa shape index (κ3) is 45.9. The fourth-order valence-electron chi connectivity index (χ4n) is 8.37. The maximum absolute atomic E-state index is 12.4. The fourth-order valence-corrected chi connectivity index (χ4v) is 8.37. The number of rotatable bonds is 49. The summed E-state index contributed by atoms with van der Waals surface area (Å²) in [6.45, 7) is 4.32. The Labute approximate surface area is 364 Å². The van der Waals surface area contributed by atoms with Crippen molar-refractivity contribution in [1.29, 1.82) is 0 Å². The first-order chi connectivity index (χ1) is 28.7. The van der Waals surface area contributed by atoms with E-state index >= 15 is 0 Å². The van der Waals surface area contributed by atoms with Gasteiger partial charge in [-0.1, -0.05) is 282 Å². The Morgan fingerprint density at radius 2 is 0.672 bits per heavy atom. The zero-order chi connectivity index (χ0) is 42.1. The largest absolute Gasteiger partial charge is 0.394 e. The van der Waals surface area contributed by atoms with Crippen molar-refractivity contribution in [1.82, 2.24) is 5.32 Å². The van der Waals surface area contributed by atoms with Gasteiger partial charge in [0.25, 0.3) is 0 Å². The van der Waals surface area contributed by atoms with Gasteiger partial charge in [-0.25, -0.2) is 0 Å². The molecule has 0 heterocycles. The zero-order valence-corrected chi connectivity index (χ0v) is 39.6. The molecule has 0 rings (SSSR count). The highest BCUT2D eigenvalue weighted by molar-refractivity contribution is 5.76. The molecule has 4 heteroatoms. The first-order valence-electron chi connectivity index (χ1n) is 26.6. The van der Waals surface area contributed by atoms with E-state index in [-0.39, 0.29) is 12.5 Å². The molecule has 3 N–H and O–H groups in total. The lowest BCUT2D eigenvalue weighted by Crippen LogP contribution is -2.45. The molecule has 0 fully saturated rings. The molecule has 0 aliphatic rings. The van der Waals surface area contributed by atoms with Crippen molar-refractivity contribution >= 4 is 5.91 Å². The third-order valence-electron chi connectivity index (χ3n) is 12.4. The number of hydrogen-bond acceptors (Lipinski definition) is 3. The summed E-state index contributed by atoms with van der Waals surface area (Å²) in [6, 6.07) is -0.635. The van der Waals surface area contributed by atoms with Crippen LogP contribution in [-0.2, 0) is 4.79 Å². The monoisotopic (exact) mass is 816 g/mol. The number of aliphatic hydroxyl groups is 2. The van der Waals surface area contributed by atoms with Gasteiger partial charge in [-0.2, -0.15) is 0 Å². The van der Waals surface area contributed by atoms with E-state index in [1.54, 1.807) is 6.08 Å². The van der Waals surface area contributed by atoms with E-state index in [0.717, 1.165) is 32.1 Å². The maximum Gasteiger partial charge on any atom is 0.220 e. The Morgan fingerprint density at radius 1 is 0.397 bits per heavy atom. The lowest BCUT2D eigenvalue weighted by atomic mass is 10.0. The van der Waals surface area contributed by atoms with E-state index in [2.05, 4.69) is 31.3 Å². The van der Waals surface area contributed by atoms with Crippen LogP contribution in [0.25, 0.3) is 0 Å². The normalized spacial score (nSPS) is 13.0. The Hall–Kier alpha value is -1.13. The van der Waals surface area contributed by atoms with Gasteiger partial charge in [0.15, 0.2) is 0 Å². The molecule has 0 spiro atoms. The second kappa shape index (κ2) is 50.2. The summed E-state index contributed by atoms with van der Waals surface area (Å²) in [5, 5.41) is 23.0. The molecule has 0 aromatic carbocycles. The first-order valence-corrected chi connectivity index (χ1v) is 26.6. The molecule has 0 aromatic rings. The van der Waals surface area contributed by atoms with E-state index in [9.17, 15) is 15.0 Å². The smallest absolute Gasteiger partial charge is 0.220 e. The van der Waals surface area contributed by atoms with Gasteiger partial charge in [0.1, 0.15) is 0 Å². The predicted molar refractivity (Wildman–Crippen MR) is 258 cm³/mol. The Morgan fingerprint density at radius 3 is 1.00 bits per heavy atom. The van der Waals surface area contributed by atoms with Crippen molar-refractivity contribution in [2.75, 3.05) is 6.61 Å². The Kier molecular flexibility index (Phi) is 49.2. The molecule has 4 nitrogen and oxygen atoms in total. The highest BCUT2D eigenvalue weighted by atomic mass is 16.3. The van der Waals surface area contributed by atoms with Gasteiger partial charge in [0.05, 0.1) is 18.8 Å². The lowest BCUT2D eigenvalue weighted by molar-refractivity contribution is -0.123. The van der Waals surface area contributed by atoms with Crippen LogP contribution in [0.1, 0.15) is 296 Å². The average molecular weight is 816 g/mol. The van der Waals surface area contributed by atoms with Crippen LogP contribution in [0.4, 0.5) is 0 Å². The molecular weight excluding hydrogens is 711 g/mol. The quantitative estimate of drug-likeness (QED) is 0.0423. The van der Waals surface area contributed by atoms with Crippen LogP contribution in [0, 0.1) is 0 Å². The molecule has 344 valence electrons. The fraction of sp³-hybridized carbons (Fsp3) is 0.907. The standard InChI is InChI=1S/C54H105NO3/c1-3-5-7-9-11-13-15-17-18-19-20-21-22-23-24-25-26-27-28-29-30-31-32-33-34-35-36-38-39-41-43-45-47-49-53(57)52(51-56)55-54(58)50-48-46-44-42-40-37-16-14-12-10-8-6-4-2/h39,41,47,49,52-53,56-57H,3-38,40,42-46,48,50-51H2,1-2H3,(H,55,58)/b41-39+,49-47+. The predicted octanol–water partition coefficient (Wildman–Crippen LogP) is 17.1. The third-order valence-corrected chi connectivity index (χ3v) is 12.4. The molecule has 0 aliphatic carbocycles. The number of allylic oxidation sites excluding steroid dienone is 3. The summed E-state index contributed by atoms with van der Waals surface area (Å²) in [5.41, 5.74) is 0. The SMILES string of the molecule is CCCCCCCCCCCCCCCCCCCCCCCCCCCCC/C=C/CC/C=C/C(O)C(CO)NC(=O)CCCCCCCCCCCCCCC. The zero-order valence-electron chi connectivity index (χ0n) is 39.6. The molecule has 2 unspecified atom stereocenters. The molecule has 0 aliphatic heterocycles. The van der Waals surface area contributed by atoms with Crippen LogP contribution in [0.2, 0.25) is 0 Å². The van der Waals surface area contributed by atoms with Crippen molar-refractivity contribution in [2.45, 2.75) is 309 Å². The summed E-state index contributed by atoms with van der Waals surface area (Å²) in [7, 11) is 0. The minimum atomic E-state index is -0.858. The van der Waals surface area contributed by atoms with Gasteiger partial charge in [0.2, 0.25) is 5.91 Å². The topological polar surface area (TPSA) is 69.6 Å². The molecule has 0 saturated heterocycles. The van der Waals surface area contributed by atoms with Crippen LogP contribution < -0.4 is 5.32 Å². The molecule has 0 aromatic heterocycles. The number of carbonyl (C=O) groups excluding carboxylic acids is 1. The van der Waals surface area contributed by atoms with Gasteiger partial charge in [-0.3, -0.25) is 4.79 Å². The molecule has 2 atom stereocenters. The first kappa shape index (κ1) is 56.9. The minimum Gasteiger partial charge on any atom is -0.394 e. The van der Waals surface area contributed by atoms with Gasteiger partial charge in [-0.05, 0) is 32.1 Å². The molecule has 1 amide bonds.